The molecule has 6 heteroatoms. The third-order valence-corrected chi connectivity index (χ3v) is 4.07. The van der Waals surface area contributed by atoms with Crippen LogP contribution in [0.1, 0.15) is 30.6 Å². The zero-order chi connectivity index (χ0) is 19.2. The van der Waals surface area contributed by atoms with E-state index in [1.807, 2.05) is 68.4 Å². The zero-order valence-corrected chi connectivity index (χ0v) is 15.8. The molecule has 0 saturated carbocycles. The van der Waals surface area contributed by atoms with Gasteiger partial charge in [-0.05, 0) is 35.7 Å². The minimum Gasteiger partial charge on any atom is -0.497 e. The van der Waals surface area contributed by atoms with Gasteiger partial charge in [-0.1, -0.05) is 44.2 Å². The predicted molar refractivity (Wildman–Crippen MR) is 106 cm³/mol. The highest BCUT2D eigenvalue weighted by Gasteiger charge is 2.18. The predicted octanol–water partition coefficient (Wildman–Crippen LogP) is 4.25. The molecule has 140 valence electrons. The molecule has 0 bridgehead atoms. The van der Waals surface area contributed by atoms with E-state index in [-0.39, 0.29) is 11.8 Å². The van der Waals surface area contributed by atoms with Crippen LogP contribution in [0.5, 0.6) is 5.75 Å². The Balaban J connectivity index is 1.88. The molecule has 0 spiro atoms. The smallest absolute Gasteiger partial charge is 0.250 e. The minimum absolute atomic E-state index is 0.0761. The summed E-state index contributed by atoms with van der Waals surface area (Å²) in [6, 6.07) is 17.4. The van der Waals surface area contributed by atoms with Crippen molar-refractivity contribution in [1.82, 2.24) is 14.8 Å². The van der Waals surface area contributed by atoms with Crippen LogP contribution < -0.4 is 10.1 Å². The summed E-state index contributed by atoms with van der Waals surface area (Å²) in [7, 11) is 1.62. The van der Waals surface area contributed by atoms with Crippen molar-refractivity contribution in [3.63, 3.8) is 0 Å². The van der Waals surface area contributed by atoms with Gasteiger partial charge in [0.25, 0.3) is 0 Å². The summed E-state index contributed by atoms with van der Waals surface area (Å²) in [4.78, 5) is 17.2. The molecule has 1 heterocycles. The van der Waals surface area contributed by atoms with Gasteiger partial charge >= 0.3 is 0 Å². The van der Waals surface area contributed by atoms with Crippen molar-refractivity contribution < 1.29 is 9.53 Å². The van der Waals surface area contributed by atoms with E-state index in [1.165, 1.54) is 4.68 Å². The maximum atomic E-state index is 12.6. The second-order valence-electron chi connectivity index (χ2n) is 6.73. The van der Waals surface area contributed by atoms with E-state index in [4.69, 9.17) is 4.74 Å². The van der Waals surface area contributed by atoms with Gasteiger partial charge in [0.1, 0.15) is 5.75 Å². The molecule has 1 N–H and O–H groups in total. The van der Waals surface area contributed by atoms with E-state index in [9.17, 15) is 4.79 Å². The number of nitrogens with zero attached hydrogens (tertiary/aromatic N) is 3. The number of hydrogen-bond acceptors (Lipinski definition) is 5. The van der Waals surface area contributed by atoms with Crippen molar-refractivity contribution in [2.75, 3.05) is 12.4 Å². The highest BCUT2D eigenvalue weighted by molar-refractivity contribution is 5.81. The molecule has 0 aliphatic rings. The van der Waals surface area contributed by atoms with Crippen LogP contribution in [0, 0.1) is 5.92 Å². The second-order valence-corrected chi connectivity index (χ2v) is 6.73. The summed E-state index contributed by atoms with van der Waals surface area (Å²) in [5, 5.41) is 7.69. The van der Waals surface area contributed by atoms with Gasteiger partial charge in [-0.25, -0.2) is 0 Å². The molecule has 0 aliphatic heterocycles. The lowest BCUT2D eigenvalue weighted by Gasteiger charge is -2.08. The molecule has 0 radical (unpaired) electrons. The summed E-state index contributed by atoms with van der Waals surface area (Å²) in [5.74, 6) is 1.89. The maximum Gasteiger partial charge on any atom is 0.250 e. The van der Waals surface area contributed by atoms with Crippen molar-refractivity contribution >= 4 is 11.9 Å². The van der Waals surface area contributed by atoms with E-state index < -0.39 is 0 Å². The molecule has 3 rings (SSSR count). The van der Waals surface area contributed by atoms with E-state index in [0.717, 1.165) is 16.9 Å². The molecule has 0 aliphatic carbocycles. The van der Waals surface area contributed by atoms with Crippen molar-refractivity contribution in [3.05, 3.63) is 60.2 Å². The summed E-state index contributed by atoms with van der Waals surface area (Å²) in [5.41, 5.74) is 1.93. The average Bonchev–Trinajstić information content (AvgIpc) is 3.11. The number of benzene rings is 2. The van der Waals surface area contributed by atoms with E-state index in [2.05, 4.69) is 15.4 Å². The topological polar surface area (TPSA) is 69.0 Å². The van der Waals surface area contributed by atoms with Crippen LogP contribution in [0.15, 0.2) is 54.6 Å². The Bertz CT molecular complexity index is 886. The van der Waals surface area contributed by atoms with Crippen molar-refractivity contribution in [3.8, 4) is 17.1 Å². The zero-order valence-electron chi connectivity index (χ0n) is 15.8. The number of carbonyl (C=O) groups is 1. The quantitative estimate of drug-likeness (QED) is 0.679. The van der Waals surface area contributed by atoms with Crippen LogP contribution in [0.25, 0.3) is 11.4 Å². The molecule has 2 aromatic carbocycles. The standard InChI is InChI=1S/C21H24N4O2/c1-15(2)13-19(26)25-21(22-14-16-7-5-4-6-8-16)23-20(24-25)17-9-11-18(27-3)12-10-17/h4-12,15H,13-14H2,1-3H3,(H,22,23,24). The van der Waals surface area contributed by atoms with E-state index in [0.29, 0.717) is 24.7 Å². The van der Waals surface area contributed by atoms with Gasteiger partial charge in [0, 0.05) is 18.5 Å². The first-order valence-electron chi connectivity index (χ1n) is 8.99. The fourth-order valence-electron chi connectivity index (χ4n) is 2.68. The Morgan fingerprint density at radius 1 is 1.11 bits per heavy atom. The fourth-order valence-corrected chi connectivity index (χ4v) is 2.68. The molecule has 0 amide bonds. The Morgan fingerprint density at radius 2 is 1.81 bits per heavy atom. The summed E-state index contributed by atoms with van der Waals surface area (Å²) >= 11 is 0. The first-order valence-corrected chi connectivity index (χ1v) is 8.99. The van der Waals surface area contributed by atoms with E-state index in [1.54, 1.807) is 7.11 Å². The van der Waals surface area contributed by atoms with Crippen LogP contribution in [0.3, 0.4) is 0 Å². The van der Waals surface area contributed by atoms with Crippen LogP contribution in [-0.4, -0.2) is 27.8 Å². The normalized spacial score (nSPS) is 10.8. The third kappa shape index (κ3) is 4.73. The molecule has 3 aromatic rings. The minimum atomic E-state index is -0.0761. The number of nitrogens with one attached hydrogen (secondary N) is 1. The van der Waals surface area contributed by atoms with Crippen LogP contribution in [0.4, 0.5) is 5.95 Å². The van der Waals surface area contributed by atoms with Gasteiger partial charge in [-0.2, -0.15) is 9.67 Å². The molecule has 6 nitrogen and oxygen atoms in total. The summed E-state index contributed by atoms with van der Waals surface area (Å²) in [6.45, 7) is 4.59. The highest BCUT2D eigenvalue weighted by atomic mass is 16.5. The number of ether oxygens (including phenoxy) is 1. The van der Waals surface area contributed by atoms with Crippen molar-refractivity contribution in [2.24, 2.45) is 5.92 Å². The number of anilines is 1. The first kappa shape index (κ1) is 18.6. The number of aromatic nitrogens is 3. The van der Waals surface area contributed by atoms with Gasteiger partial charge in [0.05, 0.1) is 7.11 Å². The molecule has 27 heavy (non-hydrogen) atoms. The summed E-state index contributed by atoms with van der Waals surface area (Å²) in [6.07, 6.45) is 0.408. The Labute approximate surface area is 159 Å². The molecular formula is C21H24N4O2. The molecular weight excluding hydrogens is 340 g/mol. The van der Waals surface area contributed by atoms with Gasteiger partial charge in [0.15, 0.2) is 5.82 Å². The lowest BCUT2D eigenvalue weighted by atomic mass is 10.1. The van der Waals surface area contributed by atoms with Gasteiger partial charge in [-0.3, -0.25) is 4.79 Å². The molecule has 1 aromatic heterocycles. The van der Waals surface area contributed by atoms with Gasteiger partial charge < -0.3 is 10.1 Å². The average molecular weight is 364 g/mol. The molecule has 0 saturated heterocycles. The van der Waals surface area contributed by atoms with Crippen LogP contribution in [0.2, 0.25) is 0 Å². The maximum absolute atomic E-state index is 12.6. The van der Waals surface area contributed by atoms with Gasteiger partial charge in [-0.15, -0.1) is 5.10 Å². The monoisotopic (exact) mass is 364 g/mol. The molecule has 0 atom stereocenters. The first-order chi connectivity index (χ1) is 13.1. The second kappa shape index (κ2) is 8.49. The van der Waals surface area contributed by atoms with E-state index >= 15 is 0 Å². The third-order valence-electron chi connectivity index (χ3n) is 4.07. The molecule has 0 fully saturated rings. The Hall–Kier alpha value is -3.15. The largest absolute Gasteiger partial charge is 0.497 e. The number of rotatable bonds is 7. The summed E-state index contributed by atoms with van der Waals surface area (Å²) < 4.78 is 6.57. The fraction of sp³-hybridized carbons (Fsp3) is 0.286. The SMILES string of the molecule is COc1ccc(-c2nc(NCc3ccccc3)n(C(=O)CC(C)C)n2)cc1. The lowest BCUT2D eigenvalue weighted by molar-refractivity contribution is 0.0873. The number of carbonyl (C=O) groups excluding carboxylic acids is 1. The Morgan fingerprint density at radius 3 is 2.44 bits per heavy atom. The van der Waals surface area contributed by atoms with Crippen molar-refractivity contribution in [2.45, 2.75) is 26.8 Å². The molecule has 0 unspecified atom stereocenters. The number of hydrogen-bond donors (Lipinski definition) is 1. The van der Waals surface area contributed by atoms with Crippen molar-refractivity contribution in [1.29, 1.82) is 0 Å². The number of methoxy groups -OCH3 is 1. The lowest BCUT2D eigenvalue weighted by Crippen LogP contribution is -2.18. The highest BCUT2D eigenvalue weighted by Crippen LogP contribution is 2.22. The van der Waals surface area contributed by atoms with Gasteiger partial charge in [0.2, 0.25) is 11.9 Å². The Kier molecular flexibility index (Phi) is 5.86. The van der Waals surface area contributed by atoms with Crippen LogP contribution in [-0.2, 0) is 6.54 Å². The van der Waals surface area contributed by atoms with Crippen LogP contribution >= 0.6 is 0 Å².